The number of amides is 2. The lowest BCUT2D eigenvalue weighted by Gasteiger charge is -2.26. The minimum absolute atomic E-state index is 0.00813. The Hall–Kier alpha value is -3.79. The number of ether oxygens (including phenoxy) is 1. The first kappa shape index (κ1) is 25.3. The van der Waals surface area contributed by atoms with Crippen molar-refractivity contribution in [3.63, 3.8) is 0 Å². The van der Waals surface area contributed by atoms with Gasteiger partial charge in [-0.3, -0.25) is 9.78 Å². The largest absolute Gasteiger partial charge is 0.415 e. The van der Waals surface area contributed by atoms with Crippen LogP contribution in [-0.2, 0) is 5.41 Å². The third-order valence-corrected chi connectivity index (χ3v) is 6.02. The highest BCUT2D eigenvalue weighted by atomic mass is 16.6. The van der Waals surface area contributed by atoms with Crippen LogP contribution in [0.1, 0.15) is 61.4 Å². The molecule has 0 saturated carbocycles. The van der Waals surface area contributed by atoms with Crippen molar-refractivity contribution in [1.29, 1.82) is 0 Å². The van der Waals surface area contributed by atoms with Crippen LogP contribution in [0, 0.1) is 6.92 Å². The van der Waals surface area contributed by atoms with E-state index in [1.165, 1.54) is 0 Å². The maximum absolute atomic E-state index is 12.7. The molecule has 0 spiro atoms. The van der Waals surface area contributed by atoms with E-state index in [9.17, 15) is 9.59 Å². The van der Waals surface area contributed by atoms with E-state index in [2.05, 4.69) is 25.8 Å². The summed E-state index contributed by atoms with van der Waals surface area (Å²) in [6, 6.07) is 7.43. The summed E-state index contributed by atoms with van der Waals surface area (Å²) in [6.45, 7) is 12.4. The van der Waals surface area contributed by atoms with E-state index in [-0.39, 0.29) is 23.4 Å². The second kappa shape index (κ2) is 10.4. The first-order valence-electron chi connectivity index (χ1n) is 12.0. The molecule has 1 fully saturated rings. The summed E-state index contributed by atoms with van der Waals surface area (Å²) in [6.07, 6.45) is 2.84. The molecule has 190 valence electrons. The van der Waals surface area contributed by atoms with Crippen LogP contribution in [-0.4, -0.2) is 58.2 Å². The van der Waals surface area contributed by atoms with Gasteiger partial charge in [0.25, 0.3) is 11.7 Å². The lowest BCUT2D eigenvalue weighted by molar-refractivity contribution is 0.0926. The zero-order valence-electron chi connectivity index (χ0n) is 21.3. The van der Waals surface area contributed by atoms with Crippen LogP contribution >= 0.6 is 0 Å². The van der Waals surface area contributed by atoms with Crippen molar-refractivity contribution < 1.29 is 18.8 Å². The van der Waals surface area contributed by atoms with Gasteiger partial charge in [-0.1, -0.05) is 44.1 Å². The second-order valence-corrected chi connectivity index (χ2v) is 9.92. The fraction of sp³-hybridized carbons (Fsp3) is 0.423. The Morgan fingerprint density at radius 2 is 1.94 bits per heavy atom. The minimum Gasteiger partial charge on any atom is -0.408 e. The molecule has 0 radical (unpaired) electrons. The van der Waals surface area contributed by atoms with Crippen LogP contribution in [0.15, 0.2) is 41.2 Å². The smallest absolute Gasteiger partial charge is 0.408 e. The lowest BCUT2D eigenvalue weighted by Crippen LogP contribution is -2.47. The van der Waals surface area contributed by atoms with Crippen LogP contribution in [0.2, 0.25) is 0 Å². The molecule has 1 atom stereocenters. The van der Waals surface area contributed by atoms with E-state index >= 15 is 0 Å². The van der Waals surface area contributed by atoms with Crippen molar-refractivity contribution >= 4 is 12.0 Å². The molecular weight excluding hydrogens is 460 g/mol. The van der Waals surface area contributed by atoms with E-state index in [0.717, 1.165) is 35.3 Å². The summed E-state index contributed by atoms with van der Waals surface area (Å²) in [5.74, 6) is 0.420. The van der Waals surface area contributed by atoms with Crippen molar-refractivity contribution in [2.24, 2.45) is 0 Å². The third kappa shape index (κ3) is 5.71. The molecule has 36 heavy (non-hydrogen) atoms. The van der Waals surface area contributed by atoms with Gasteiger partial charge in [-0.2, -0.15) is 4.98 Å². The van der Waals surface area contributed by atoms with Crippen LogP contribution in [0.4, 0.5) is 4.79 Å². The molecule has 1 aliphatic heterocycles. The molecular formula is C26H32N6O4. The Morgan fingerprint density at radius 1 is 1.19 bits per heavy atom. The molecule has 4 rings (SSSR count). The molecule has 0 unspecified atom stereocenters. The molecule has 2 N–H and O–H groups in total. The van der Waals surface area contributed by atoms with Crippen molar-refractivity contribution in [2.75, 3.05) is 26.2 Å². The Labute approximate surface area is 210 Å². The molecule has 1 aliphatic rings. The molecule has 2 aromatic heterocycles. The van der Waals surface area contributed by atoms with Gasteiger partial charge < -0.3 is 24.8 Å². The number of carbonyl (C=O) groups excluding carboxylic acids is 2. The van der Waals surface area contributed by atoms with Gasteiger partial charge in [0, 0.05) is 43.4 Å². The van der Waals surface area contributed by atoms with Gasteiger partial charge in [0.05, 0.1) is 12.2 Å². The van der Waals surface area contributed by atoms with Crippen molar-refractivity contribution in [2.45, 2.75) is 46.1 Å². The molecule has 0 aliphatic carbocycles. The van der Waals surface area contributed by atoms with E-state index in [1.807, 2.05) is 58.9 Å². The predicted molar refractivity (Wildman–Crippen MR) is 134 cm³/mol. The molecule has 0 bridgehead atoms. The molecule has 1 aromatic carbocycles. The maximum Gasteiger partial charge on any atom is 0.415 e. The van der Waals surface area contributed by atoms with Gasteiger partial charge in [0.1, 0.15) is 0 Å². The number of benzene rings is 1. The Balaban J connectivity index is 1.48. The fourth-order valence-electron chi connectivity index (χ4n) is 3.99. The standard InChI is InChI=1S/C26H32N6O4/c1-16-14-18(20-8-9-28-15-21(20)35-25(34)32-12-10-27-11-13-32)6-7-19(16)17(2)29-23(33)22-30-24(36-31-22)26(3,4)5/h6-9,14-15,17,27H,10-13H2,1-5H3,(H,29,33)/t17-/m1/s1. The van der Waals surface area contributed by atoms with Gasteiger partial charge in [0.15, 0.2) is 5.75 Å². The molecule has 3 aromatic rings. The van der Waals surface area contributed by atoms with Crippen molar-refractivity contribution in [3.05, 3.63) is 59.5 Å². The quantitative estimate of drug-likeness (QED) is 0.554. The normalized spacial score (nSPS) is 14.9. The van der Waals surface area contributed by atoms with E-state index in [0.29, 0.717) is 24.7 Å². The number of hydrogen-bond donors (Lipinski definition) is 2. The average molecular weight is 493 g/mol. The fourth-order valence-corrected chi connectivity index (χ4v) is 3.99. The number of pyridine rings is 1. The molecule has 10 nitrogen and oxygen atoms in total. The van der Waals surface area contributed by atoms with Crippen LogP contribution in [0.3, 0.4) is 0 Å². The number of aryl methyl sites for hydroxylation is 1. The average Bonchev–Trinajstić information content (AvgIpc) is 3.36. The Bertz CT molecular complexity index is 1240. The van der Waals surface area contributed by atoms with E-state index in [4.69, 9.17) is 9.26 Å². The molecule has 2 amide bonds. The summed E-state index contributed by atoms with van der Waals surface area (Å²) in [4.78, 5) is 35.4. The summed E-state index contributed by atoms with van der Waals surface area (Å²) >= 11 is 0. The highest BCUT2D eigenvalue weighted by molar-refractivity contribution is 5.90. The summed E-state index contributed by atoms with van der Waals surface area (Å²) in [5, 5.41) is 9.98. The van der Waals surface area contributed by atoms with Gasteiger partial charge in [-0.25, -0.2) is 4.79 Å². The first-order chi connectivity index (χ1) is 17.1. The number of rotatable bonds is 5. The second-order valence-electron chi connectivity index (χ2n) is 9.92. The number of aromatic nitrogens is 3. The number of hydrogen-bond acceptors (Lipinski definition) is 8. The monoisotopic (exact) mass is 492 g/mol. The number of nitrogens with zero attached hydrogens (tertiary/aromatic N) is 4. The molecule has 10 heteroatoms. The first-order valence-corrected chi connectivity index (χ1v) is 12.0. The van der Waals surface area contributed by atoms with Gasteiger partial charge in [-0.15, -0.1) is 0 Å². The minimum atomic E-state index is -0.401. The maximum atomic E-state index is 12.7. The lowest BCUT2D eigenvalue weighted by atomic mass is 9.96. The van der Waals surface area contributed by atoms with Crippen molar-refractivity contribution in [3.8, 4) is 16.9 Å². The number of piperazine rings is 1. The van der Waals surface area contributed by atoms with Crippen LogP contribution in [0.25, 0.3) is 11.1 Å². The summed E-state index contributed by atoms with van der Waals surface area (Å²) in [7, 11) is 0. The predicted octanol–water partition coefficient (Wildman–Crippen LogP) is 3.63. The van der Waals surface area contributed by atoms with Gasteiger partial charge in [0.2, 0.25) is 5.89 Å². The SMILES string of the molecule is Cc1cc(-c2ccncc2OC(=O)N2CCNCC2)ccc1[C@@H](C)NC(=O)c1noc(C(C)(C)C)n1. The van der Waals surface area contributed by atoms with Crippen LogP contribution < -0.4 is 15.4 Å². The third-order valence-electron chi connectivity index (χ3n) is 6.02. The summed E-state index contributed by atoms with van der Waals surface area (Å²) in [5.41, 5.74) is 3.23. The Morgan fingerprint density at radius 3 is 2.61 bits per heavy atom. The van der Waals surface area contributed by atoms with Crippen molar-refractivity contribution in [1.82, 2.24) is 30.7 Å². The summed E-state index contributed by atoms with van der Waals surface area (Å²) < 4.78 is 10.9. The molecule has 3 heterocycles. The van der Waals surface area contributed by atoms with Gasteiger partial charge in [-0.05, 0) is 36.6 Å². The van der Waals surface area contributed by atoms with E-state index in [1.54, 1.807) is 17.3 Å². The number of nitrogens with one attached hydrogen (secondary N) is 2. The van der Waals surface area contributed by atoms with Crippen LogP contribution in [0.5, 0.6) is 5.75 Å². The molecule has 1 saturated heterocycles. The van der Waals surface area contributed by atoms with E-state index < -0.39 is 5.91 Å². The van der Waals surface area contributed by atoms with Gasteiger partial charge >= 0.3 is 6.09 Å². The highest BCUT2D eigenvalue weighted by Gasteiger charge is 2.25. The topological polar surface area (TPSA) is 122 Å². The highest BCUT2D eigenvalue weighted by Crippen LogP contribution is 2.32. The Kier molecular flexibility index (Phi) is 7.35. The number of carbonyl (C=O) groups is 2. The zero-order valence-corrected chi connectivity index (χ0v) is 21.3. The zero-order chi connectivity index (χ0) is 25.9.